The highest BCUT2D eigenvalue weighted by Gasteiger charge is 2.47. The number of methoxy groups -OCH3 is 1. The van der Waals surface area contributed by atoms with Crippen molar-refractivity contribution >= 4 is 12.3 Å². The van der Waals surface area contributed by atoms with Crippen LogP contribution < -0.4 is 4.74 Å². The molecule has 4 heteroatoms. The van der Waals surface area contributed by atoms with E-state index in [2.05, 4.69) is 18.2 Å². The minimum Gasteiger partial charge on any atom is -0.496 e. The van der Waals surface area contributed by atoms with Crippen LogP contribution in [0, 0.1) is 17.8 Å². The minimum absolute atomic E-state index is 0.170. The molecule has 0 aliphatic heterocycles. The molecule has 0 heterocycles. The molecule has 1 fully saturated rings. The summed E-state index contributed by atoms with van der Waals surface area (Å²) in [6, 6.07) is 24.0. The molecular weight excluding hydrogens is 424 g/mol. The van der Waals surface area contributed by atoms with Gasteiger partial charge < -0.3 is 14.3 Å². The first-order valence-corrected chi connectivity index (χ1v) is 12.1. The van der Waals surface area contributed by atoms with E-state index in [1.54, 1.807) is 7.11 Å². The first kappa shape index (κ1) is 22.4. The molecule has 0 aromatic heterocycles. The second-order valence-electron chi connectivity index (χ2n) is 9.46. The summed E-state index contributed by atoms with van der Waals surface area (Å²) < 4.78 is 11.7. The third-order valence-corrected chi connectivity index (χ3v) is 7.64. The number of aldehydes is 1. The molecule has 0 radical (unpaired) electrons. The van der Waals surface area contributed by atoms with Gasteiger partial charge in [0, 0.05) is 6.42 Å². The number of ether oxygens (including phenoxy) is 2. The van der Waals surface area contributed by atoms with Crippen molar-refractivity contribution < 1.29 is 19.1 Å². The van der Waals surface area contributed by atoms with Gasteiger partial charge in [-0.25, -0.2) is 4.79 Å². The SMILES string of the molecule is COc1cccc2c1CC1C[C@@H](OC(=O)c3ccc(-c4ccccc4)cc3)[C@H](CCC=O)C1C2. The number of rotatable bonds is 7. The molecule has 5 rings (SSSR count). The molecule has 4 nitrogen and oxygen atoms in total. The van der Waals surface area contributed by atoms with Crippen molar-refractivity contribution in [1.82, 2.24) is 0 Å². The van der Waals surface area contributed by atoms with Gasteiger partial charge in [-0.05, 0) is 83.9 Å². The van der Waals surface area contributed by atoms with Crippen LogP contribution in [-0.4, -0.2) is 25.5 Å². The summed E-state index contributed by atoms with van der Waals surface area (Å²) in [4.78, 5) is 24.3. The van der Waals surface area contributed by atoms with E-state index >= 15 is 0 Å². The van der Waals surface area contributed by atoms with E-state index in [0.29, 0.717) is 23.8 Å². The van der Waals surface area contributed by atoms with Crippen LogP contribution in [0.4, 0.5) is 0 Å². The summed E-state index contributed by atoms with van der Waals surface area (Å²) in [6.07, 6.45) is 4.78. The number of carbonyl (C=O) groups excluding carboxylic acids is 2. The molecule has 174 valence electrons. The number of esters is 1. The van der Waals surface area contributed by atoms with Gasteiger partial charge in [0.15, 0.2) is 0 Å². The fraction of sp³-hybridized carbons (Fsp3) is 0.333. The van der Waals surface area contributed by atoms with E-state index in [1.807, 2.05) is 54.6 Å². The zero-order chi connectivity index (χ0) is 23.5. The molecule has 1 saturated carbocycles. The van der Waals surface area contributed by atoms with Crippen LogP contribution in [0.25, 0.3) is 11.1 Å². The van der Waals surface area contributed by atoms with Gasteiger partial charge in [-0.3, -0.25) is 0 Å². The van der Waals surface area contributed by atoms with Crippen molar-refractivity contribution in [3.8, 4) is 16.9 Å². The lowest BCUT2D eigenvalue weighted by atomic mass is 9.73. The quantitative estimate of drug-likeness (QED) is 0.329. The molecule has 2 aliphatic rings. The third kappa shape index (κ3) is 4.37. The third-order valence-electron chi connectivity index (χ3n) is 7.64. The van der Waals surface area contributed by atoms with E-state index < -0.39 is 0 Å². The first-order chi connectivity index (χ1) is 16.7. The van der Waals surface area contributed by atoms with Crippen LogP contribution >= 0.6 is 0 Å². The molecule has 3 aromatic carbocycles. The van der Waals surface area contributed by atoms with Crippen LogP contribution in [0.5, 0.6) is 5.75 Å². The first-order valence-electron chi connectivity index (χ1n) is 12.1. The van der Waals surface area contributed by atoms with Crippen molar-refractivity contribution in [3.05, 3.63) is 89.5 Å². The van der Waals surface area contributed by atoms with Crippen molar-refractivity contribution in [3.63, 3.8) is 0 Å². The Bertz CT molecular complexity index is 1150. The van der Waals surface area contributed by atoms with Crippen LogP contribution in [0.15, 0.2) is 72.8 Å². The summed E-state index contributed by atoms with van der Waals surface area (Å²) >= 11 is 0. The summed E-state index contributed by atoms with van der Waals surface area (Å²) in [6.45, 7) is 0. The van der Waals surface area contributed by atoms with Crippen molar-refractivity contribution in [2.24, 2.45) is 17.8 Å². The summed E-state index contributed by atoms with van der Waals surface area (Å²) in [5.41, 5.74) is 5.35. The van der Waals surface area contributed by atoms with Crippen LogP contribution in [0.1, 0.15) is 40.7 Å². The van der Waals surface area contributed by atoms with Crippen molar-refractivity contribution in [1.29, 1.82) is 0 Å². The predicted molar refractivity (Wildman–Crippen MR) is 132 cm³/mol. The van der Waals surface area contributed by atoms with Gasteiger partial charge in [-0.2, -0.15) is 0 Å². The van der Waals surface area contributed by atoms with Gasteiger partial charge in [-0.1, -0.05) is 54.6 Å². The Morgan fingerprint density at radius 3 is 2.44 bits per heavy atom. The Kier molecular flexibility index (Phi) is 6.48. The highest BCUT2D eigenvalue weighted by molar-refractivity contribution is 5.90. The van der Waals surface area contributed by atoms with E-state index in [1.165, 1.54) is 11.1 Å². The van der Waals surface area contributed by atoms with Gasteiger partial charge in [0.2, 0.25) is 0 Å². The summed E-state index contributed by atoms with van der Waals surface area (Å²) in [5.74, 6) is 1.70. The molecule has 0 N–H and O–H groups in total. The second kappa shape index (κ2) is 9.84. The lowest BCUT2D eigenvalue weighted by Crippen LogP contribution is -2.29. The zero-order valence-corrected chi connectivity index (χ0v) is 19.5. The monoisotopic (exact) mass is 454 g/mol. The predicted octanol–water partition coefficient (Wildman–Crippen LogP) is 5.92. The van der Waals surface area contributed by atoms with Crippen molar-refractivity contribution in [2.75, 3.05) is 7.11 Å². The average Bonchev–Trinajstić information content (AvgIpc) is 3.21. The number of carbonyl (C=O) groups is 2. The second-order valence-corrected chi connectivity index (χ2v) is 9.46. The Morgan fingerprint density at radius 2 is 1.71 bits per heavy atom. The maximum absolute atomic E-state index is 13.1. The van der Waals surface area contributed by atoms with E-state index in [4.69, 9.17) is 9.47 Å². The highest BCUT2D eigenvalue weighted by Crippen LogP contribution is 2.49. The van der Waals surface area contributed by atoms with Crippen LogP contribution in [-0.2, 0) is 22.4 Å². The molecule has 2 unspecified atom stereocenters. The Hall–Kier alpha value is -3.40. The Labute approximate surface area is 200 Å². The lowest BCUT2D eigenvalue weighted by Gasteiger charge is -2.32. The molecule has 4 atom stereocenters. The molecule has 3 aromatic rings. The Balaban J connectivity index is 1.33. The molecular formula is C30H30O4. The average molecular weight is 455 g/mol. The smallest absolute Gasteiger partial charge is 0.338 e. The van der Waals surface area contributed by atoms with E-state index in [0.717, 1.165) is 48.8 Å². The molecule has 34 heavy (non-hydrogen) atoms. The van der Waals surface area contributed by atoms with E-state index in [-0.39, 0.29) is 18.0 Å². The standard InChI is InChI=1S/C30H30O4/c1-33-28-11-5-9-23-17-26-24(18-27(23)28)19-29(25(26)10-6-16-31)34-30(32)22-14-12-21(13-15-22)20-7-3-2-4-8-20/h2-5,7-9,11-16,24-26,29H,6,10,17-19H2,1H3/t24?,25-,26?,29-/m1/s1. The van der Waals surface area contributed by atoms with Gasteiger partial charge >= 0.3 is 5.97 Å². The Morgan fingerprint density at radius 1 is 0.941 bits per heavy atom. The largest absolute Gasteiger partial charge is 0.496 e. The topological polar surface area (TPSA) is 52.6 Å². The fourth-order valence-electron chi connectivity index (χ4n) is 6.00. The maximum Gasteiger partial charge on any atom is 0.338 e. The number of fused-ring (bicyclic) bond motifs is 2. The molecule has 0 amide bonds. The normalized spacial score (nSPS) is 23.0. The molecule has 0 bridgehead atoms. The number of hydrogen-bond acceptors (Lipinski definition) is 4. The van der Waals surface area contributed by atoms with E-state index in [9.17, 15) is 9.59 Å². The minimum atomic E-state index is -0.283. The number of benzene rings is 3. The highest BCUT2D eigenvalue weighted by atomic mass is 16.5. The number of hydrogen-bond donors (Lipinski definition) is 0. The van der Waals surface area contributed by atoms with Crippen LogP contribution in [0.2, 0.25) is 0 Å². The molecule has 0 saturated heterocycles. The molecule has 2 aliphatic carbocycles. The zero-order valence-electron chi connectivity index (χ0n) is 19.5. The van der Waals surface area contributed by atoms with Crippen molar-refractivity contribution in [2.45, 2.75) is 38.2 Å². The van der Waals surface area contributed by atoms with Gasteiger partial charge in [-0.15, -0.1) is 0 Å². The van der Waals surface area contributed by atoms with Crippen LogP contribution in [0.3, 0.4) is 0 Å². The summed E-state index contributed by atoms with van der Waals surface area (Å²) in [5, 5.41) is 0. The van der Waals surface area contributed by atoms with Gasteiger partial charge in [0.25, 0.3) is 0 Å². The maximum atomic E-state index is 13.1. The lowest BCUT2D eigenvalue weighted by molar-refractivity contribution is -0.108. The van der Waals surface area contributed by atoms with Gasteiger partial charge in [0.1, 0.15) is 18.1 Å². The van der Waals surface area contributed by atoms with Gasteiger partial charge in [0.05, 0.1) is 12.7 Å². The summed E-state index contributed by atoms with van der Waals surface area (Å²) in [7, 11) is 1.72. The molecule has 0 spiro atoms. The fourth-order valence-corrected chi connectivity index (χ4v) is 6.00.